The van der Waals surface area contributed by atoms with Gasteiger partial charge in [0.15, 0.2) is 0 Å². The van der Waals surface area contributed by atoms with Crippen molar-refractivity contribution < 1.29 is 9.53 Å². The van der Waals surface area contributed by atoms with Crippen LogP contribution >= 0.6 is 0 Å². The predicted octanol–water partition coefficient (Wildman–Crippen LogP) is 1.87. The van der Waals surface area contributed by atoms with Crippen LogP contribution in [-0.2, 0) is 11.3 Å². The second-order valence-electron chi connectivity index (χ2n) is 5.11. The number of hydrogen-bond acceptors (Lipinski definition) is 3. The van der Waals surface area contributed by atoms with Gasteiger partial charge in [0.1, 0.15) is 5.75 Å². The van der Waals surface area contributed by atoms with Crippen molar-refractivity contribution >= 4 is 5.91 Å². The van der Waals surface area contributed by atoms with E-state index in [0.29, 0.717) is 19.0 Å². The van der Waals surface area contributed by atoms with Crippen LogP contribution in [0.5, 0.6) is 5.75 Å². The van der Waals surface area contributed by atoms with Crippen molar-refractivity contribution in [1.82, 2.24) is 10.6 Å². The molecule has 0 atom stereocenters. The van der Waals surface area contributed by atoms with Crippen molar-refractivity contribution in [3.05, 3.63) is 29.3 Å². The molecular weight excluding hydrogens is 240 g/mol. The summed E-state index contributed by atoms with van der Waals surface area (Å²) in [6.07, 6.45) is 0. The highest BCUT2D eigenvalue weighted by Crippen LogP contribution is 2.18. The molecule has 0 aromatic heterocycles. The number of nitrogens with one attached hydrogen (secondary N) is 2. The van der Waals surface area contributed by atoms with Gasteiger partial charge < -0.3 is 15.4 Å². The lowest BCUT2D eigenvalue weighted by atomic mass is 10.1. The molecule has 0 radical (unpaired) electrons. The highest BCUT2D eigenvalue weighted by atomic mass is 16.5. The quantitative estimate of drug-likeness (QED) is 0.790. The first-order chi connectivity index (χ1) is 9.02. The molecule has 1 amide bonds. The maximum absolute atomic E-state index is 11.5. The maximum Gasteiger partial charge on any atom is 0.233 e. The Morgan fingerprint density at radius 1 is 1.37 bits per heavy atom. The van der Waals surface area contributed by atoms with Crippen molar-refractivity contribution in [1.29, 1.82) is 0 Å². The van der Waals surface area contributed by atoms with Gasteiger partial charge in [-0.3, -0.25) is 4.79 Å². The van der Waals surface area contributed by atoms with E-state index in [1.54, 1.807) is 7.11 Å². The number of carbonyl (C=O) groups excluding carboxylic acids is 1. The number of ether oxygens (including phenoxy) is 1. The van der Waals surface area contributed by atoms with Crippen LogP contribution in [0, 0.1) is 12.8 Å². The third-order valence-electron chi connectivity index (χ3n) is 2.78. The molecule has 0 heterocycles. The summed E-state index contributed by atoms with van der Waals surface area (Å²) in [6, 6.07) is 6.02. The Balaban J connectivity index is 2.33. The standard InChI is InChI=1S/C15H24N2O2/c1-11(2)8-17-15(18)10-16-9-13-5-6-14(19-4)12(3)7-13/h5-7,11,16H,8-10H2,1-4H3,(H,17,18). The number of benzene rings is 1. The Hall–Kier alpha value is -1.55. The minimum absolute atomic E-state index is 0.0407. The molecule has 0 fully saturated rings. The second kappa shape index (κ2) is 7.79. The third-order valence-corrected chi connectivity index (χ3v) is 2.78. The molecule has 0 saturated heterocycles. The Morgan fingerprint density at radius 2 is 2.11 bits per heavy atom. The summed E-state index contributed by atoms with van der Waals surface area (Å²) in [5, 5.41) is 6.01. The highest BCUT2D eigenvalue weighted by Gasteiger charge is 2.03. The highest BCUT2D eigenvalue weighted by molar-refractivity contribution is 5.77. The monoisotopic (exact) mass is 264 g/mol. The molecule has 0 aliphatic carbocycles. The molecule has 1 aromatic rings. The molecule has 2 N–H and O–H groups in total. The molecule has 1 rings (SSSR count). The maximum atomic E-state index is 11.5. The van der Waals surface area contributed by atoms with Crippen LogP contribution in [0.15, 0.2) is 18.2 Å². The molecule has 0 aliphatic rings. The SMILES string of the molecule is COc1ccc(CNCC(=O)NCC(C)C)cc1C. The first-order valence-corrected chi connectivity index (χ1v) is 6.64. The zero-order valence-electron chi connectivity index (χ0n) is 12.2. The average Bonchev–Trinajstić information content (AvgIpc) is 2.36. The molecule has 0 aliphatic heterocycles. The van der Waals surface area contributed by atoms with Crippen molar-refractivity contribution in [3.8, 4) is 5.75 Å². The predicted molar refractivity (Wildman–Crippen MR) is 77.3 cm³/mol. The zero-order chi connectivity index (χ0) is 14.3. The van der Waals surface area contributed by atoms with Gasteiger partial charge in [-0.1, -0.05) is 26.0 Å². The minimum Gasteiger partial charge on any atom is -0.496 e. The van der Waals surface area contributed by atoms with Crippen molar-refractivity contribution in [3.63, 3.8) is 0 Å². The van der Waals surface area contributed by atoms with Crippen LogP contribution < -0.4 is 15.4 Å². The minimum atomic E-state index is 0.0407. The number of aryl methyl sites for hydroxylation is 1. The van der Waals surface area contributed by atoms with Crippen LogP contribution in [0.1, 0.15) is 25.0 Å². The van der Waals surface area contributed by atoms with Crippen LogP contribution in [0.3, 0.4) is 0 Å². The van der Waals surface area contributed by atoms with Crippen LogP contribution in [0.4, 0.5) is 0 Å². The van der Waals surface area contributed by atoms with Crippen LogP contribution in [-0.4, -0.2) is 26.1 Å². The fraction of sp³-hybridized carbons (Fsp3) is 0.533. The zero-order valence-corrected chi connectivity index (χ0v) is 12.2. The van der Waals surface area contributed by atoms with Gasteiger partial charge in [-0.25, -0.2) is 0 Å². The van der Waals surface area contributed by atoms with Crippen LogP contribution in [0.25, 0.3) is 0 Å². The summed E-state index contributed by atoms with van der Waals surface area (Å²) in [4.78, 5) is 11.5. The lowest BCUT2D eigenvalue weighted by molar-refractivity contribution is -0.120. The van der Waals surface area contributed by atoms with E-state index >= 15 is 0 Å². The van der Waals surface area contributed by atoms with E-state index in [1.807, 2.05) is 19.1 Å². The van der Waals surface area contributed by atoms with E-state index in [2.05, 4.69) is 30.5 Å². The first-order valence-electron chi connectivity index (χ1n) is 6.64. The summed E-state index contributed by atoms with van der Waals surface area (Å²) >= 11 is 0. The Labute approximate surface area is 115 Å². The molecule has 0 spiro atoms. The summed E-state index contributed by atoms with van der Waals surface area (Å²) < 4.78 is 5.21. The Kier molecular flexibility index (Phi) is 6.36. The smallest absolute Gasteiger partial charge is 0.233 e. The molecular formula is C15H24N2O2. The van der Waals surface area contributed by atoms with E-state index in [9.17, 15) is 4.79 Å². The van der Waals surface area contributed by atoms with Gasteiger partial charge in [0.05, 0.1) is 13.7 Å². The van der Waals surface area contributed by atoms with Gasteiger partial charge in [-0.15, -0.1) is 0 Å². The van der Waals surface area contributed by atoms with Gasteiger partial charge in [0, 0.05) is 13.1 Å². The van der Waals surface area contributed by atoms with Crippen LogP contribution in [0.2, 0.25) is 0 Å². The van der Waals surface area contributed by atoms with E-state index in [0.717, 1.165) is 23.4 Å². The average molecular weight is 264 g/mol. The van der Waals surface area contributed by atoms with Crippen molar-refractivity contribution in [2.75, 3.05) is 20.2 Å². The first kappa shape index (κ1) is 15.5. The number of rotatable bonds is 7. The summed E-state index contributed by atoms with van der Waals surface area (Å²) in [6.45, 7) is 7.92. The molecule has 4 nitrogen and oxygen atoms in total. The second-order valence-corrected chi connectivity index (χ2v) is 5.11. The molecule has 0 bridgehead atoms. The van der Waals surface area contributed by atoms with Gasteiger partial charge in [0.2, 0.25) is 5.91 Å². The number of amides is 1. The molecule has 0 saturated carbocycles. The number of carbonyl (C=O) groups is 1. The van der Waals surface area contributed by atoms with E-state index in [4.69, 9.17) is 4.74 Å². The van der Waals surface area contributed by atoms with Gasteiger partial charge >= 0.3 is 0 Å². The summed E-state index contributed by atoms with van der Waals surface area (Å²) in [7, 11) is 1.67. The van der Waals surface area contributed by atoms with E-state index < -0.39 is 0 Å². The number of hydrogen-bond donors (Lipinski definition) is 2. The summed E-state index contributed by atoms with van der Waals surface area (Å²) in [5.41, 5.74) is 2.25. The van der Waals surface area contributed by atoms with Gasteiger partial charge in [0.25, 0.3) is 0 Å². The summed E-state index contributed by atoms with van der Waals surface area (Å²) in [5.74, 6) is 1.41. The van der Waals surface area contributed by atoms with E-state index in [-0.39, 0.29) is 5.91 Å². The van der Waals surface area contributed by atoms with Crippen molar-refractivity contribution in [2.24, 2.45) is 5.92 Å². The fourth-order valence-electron chi connectivity index (χ4n) is 1.75. The topological polar surface area (TPSA) is 50.4 Å². The Morgan fingerprint density at radius 3 is 2.68 bits per heavy atom. The lowest BCUT2D eigenvalue weighted by Crippen LogP contribution is -2.35. The molecule has 1 aromatic carbocycles. The van der Waals surface area contributed by atoms with E-state index in [1.165, 1.54) is 0 Å². The Bertz CT molecular complexity index is 417. The van der Waals surface area contributed by atoms with Gasteiger partial charge in [-0.05, 0) is 30.0 Å². The van der Waals surface area contributed by atoms with Gasteiger partial charge in [-0.2, -0.15) is 0 Å². The molecule has 19 heavy (non-hydrogen) atoms. The largest absolute Gasteiger partial charge is 0.496 e. The molecule has 4 heteroatoms. The number of methoxy groups -OCH3 is 1. The normalized spacial score (nSPS) is 10.6. The molecule has 0 unspecified atom stereocenters. The fourth-order valence-corrected chi connectivity index (χ4v) is 1.75. The lowest BCUT2D eigenvalue weighted by Gasteiger charge is -2.10. The third kappa shape index (κ3) is 5.75. The van der Waals surface area contributed by atoms with Crippen molar-refractivity contribution in [2.45, 2.75) is 27.3 Å². The molecule has 106 valence electrons.